The lowest BCUT2D eigenvalue weighted by Gasteiger charge is -2.02. The van der Waals surface area contributed by atoms with Crippen molar-refractivity contribution in [2.24, 2.45) is 0 Å². The van der Waals surface area contributed by atoms with E-state index in [1.807, 2.05) is 29.6 Å². The lowest BCUT2D eigenvalue weighted by atomic mass is 10.2. The smallest absolute Gasteiger partial charge is 0.221 e. The number of carbonyl (C=O) groups excluding carboxylic acids is 1. The van der Waals surface area contributed by atoms with Gasteiger partial charge in [0, 0.05) is 23.6 Å². The van der Waals surface area contributed by atoms with Gasteiger partial charge in [-0.1, -0.05) is 0 Å². The van der Waals surface area contributed by atoms with Gasteiger partial charge in [0.05, 0.1) is 0 Å². The first-order chi connectivity index (χ1) is 7.25. The van der Waals surface area contributed by atoms with E-state index in [1.165, 1.54) is 6.92 Å². The highest BCUT2D eigenvalue weighted by atomic mass is 32.1. The number of aromatic nitrogens is 1. The van der Waals surface area contributed by atoms with Crippen LogP contribution < -0.4 is 5.32 Å². The van der Waals surface area contributed by atoms with Gasteiger partial charge in [0.25, 0.3) is 0 Å². The Bertz CT molecular complexity index is 448. The number of anilines is 1. The minimum atomic E-state index is -0.0645. The van der Waals surface area contributed by atoms with Gasteiger partial charge >= 0.3 is 0 Å². The zero-order chi connectivity index (χ0) is 10.7. The second-order valence-corrected chi connectivity index (χ2v) is 3.90. The zero-order valence-electron chi connectivity index (χ0n) is 8.15. The maximum Gasteiger partial charge on any atom is 0.221 e. The van der Waals surface area contributed by atoms with E-state index < -0.39 is 0 Å². The molecular formula is C11H9N2OS. The molecule has 1 aromatic heterocycles. The molecule has 2 rings (SSSR count). The number of hydrogen-bond acceptors (Lipinski definition) is 3. The Labute approximate surface area is 91.8 Å². The molecule has 2 aromatic rings. The Hall–Kier alpha value is -1.68. The van der Waals surface area contributed by atoms with Crippen molar-refractivity contribution < 1.29 is 4.79 Å². The number of nitrogens with one attached hydrogen (secondary N) is 1. The summed E-state index contributed by atoms with van der Waals surface area (Å²) in [6, 6.07) is 7.58. The minimum absolute atomic E-state index is 0.0645. The van der Waals surface area contributed by atoms with Gasteiger partial charge in [-0.3, -0.25) is 4.79 Å². The Morgan fingerprint density at radius 3 is 2.67 bits per heavy atom. The van der Waals surface area contributed by atoms with Crippen LogP contribution in [0.5, 0.6) is 0 Å². The van der Waals surface area contributed by atoms with E-state index >= 15 is 0 Å². The summed E-state index contributed by atoms with van der Waals surface area (Å²) in [5.41, 5.74) is 1.84. The van der Waals surface area contributed by atoms with Gasteiger partial charge < -0.3 is 5.32 Å². The Morgan fingerprint density at radius 2 is 2.13 bits per heavy atom. The van der Waals surface area contributed by atoms with Gasteiger partial charge in [-0.2, -0.15) is 0 Å². The summed E-state index contributed by atoms with van der Waals surface area (Å²) in [4.78, 5) is 14.9. The number of rotatable bonds is 2. The predicted molar refractivity (Wildman–Crippen MR) is 60.7 cm³/mol. The van der Waals surface area contributed by atoms with Crippen LogP contribution in [0.1, 0.15) is 6.92 Å². The van der Waals surface area contributed by atoms with E-state index in [-0.39, 0.29) is 5.91 Å². The van der Waals surface area contributed by atoms with Gasteiger partial charge in [0.2, 0.25) is 5.91 Å². The third-order valence-corrected chi connectivity index (χ3v) is 2.62. The van der Waals surface area contributed by atoms with Crippen molar-refractivity contribution in [2.75, 3.05) is 5.32 Å². The van der Waals surface area contributed by atoms with E-state index in [1.54, 1.807) is 11.3 Å². The van der Waals surface area contributed by atoms with Gasteiger partial charge in [-0.05, 0) is 24.3 Å². The molecule has 1 N–H and O–H groups in total. The largest absolute Gasteiger partial charge is 0.326 e. The summed E-state index contributed by atoms with van der Waals surface area (Å²) in [6.07, 6.45) is 2.77. The first kappa shape index (κ1) is 9.86. The summed E-state index contributed by atoms with van der Waals surface area (Å²) >= 11 is 1.54. The number of benzene rings is 1. The molecule has 0 spiro atoms. The molecule has 0 saturated carbocycles. The van der Waals surface area contributed by atoms with Crippen molar-refractivity contribution in [1.82, 2.24) is 4.98 Å². The molecule has 4 heteroatoms. The lowest BCUT2D eigenvalue weighted by molar-refractivity contribution is -0.114. The molecule has 0 saturated heterocycles. The van der Waals surface area contributed by atoms with Crippen LogP contribution in [0.3, 0.4) is 0 Å². The highest BCUT2D eigenvalue weighted by Crippen LogP contribution is 2.22. The average Bonchev–Trinajstić information content (AvgIpc) is 2.71. The zero-order valence-corrected chi connectivity index (χ0v) is 8.97. The van der Waals surface area contributed by atoms with Crippen LogP contribution in [0, 0.1) is 6.20 Å². The molecule has 0 aliphatic rings. The summed E-state index contributed by atoms with van der Waals surface area (Å²) < 4.78 is 0. The number of hydrogen-bond donors (Lipinski definition) is 1. The second-order valence-electron chi connectivity index (χ2n) is 3.04. The molecule has 0 aliphatic carbocycles. The fourth-order valence-electron chi connectivity index (χ4n) is 1.23. The van der Waals surface area contributed by atoms with Crippen LogP contribution in [0.4, 0.5) is 5.69 Å². The monoisotopic (exact) mass is 217 g/mol. The van der Waals surface area contributed by atoms with Crippen LogP contribution >= 0.6 is 11.3 Å². The lowest BCUT2D eigenvalue weighted by Crippen LogP contribution is -2.05. The van der Waals surface area contributed by atoms with Crippen molar-refractivity contribution in [1.29, 1.82) is 0 Å². The molecule has 0 atom stereocenters. The average molecular weight is 217 g/mol. The molecule has 1 amide bonds. The maximum absolute atomic E-state index is 10.8. The van der Waals surface area contributed by atoms with E-state index in [2.05, 4.69) is 16.5 Å². The Morgan fingerprint density at radius 1 is 1.40 bits per heavy atom. The minimum Gasteiger partial charge on any atom is -0.326 e. The fourth-order valence-corrected chi connectivity index (χ4v) is 1.82. The molecule has 0 unspecified atom stereocenters. The van der Waals surface area contributed by atoms with E-state index in [0.717, 1.165) is 16.3 Å². The second kappa shape index (κ2) is 4.23. The Kier molecular flexibility index (Phi) is 2.78. The summed E-state index contributed by atoms with van der Waals surface area (Å²) in [6.45, 7) is 1.49. The van der Waals surface area contributed by atoms with Crippen LogP contribution in [0.2, 0.25) is 0 Å². The van der Waals surface area contributed by atoms with Crippen LogP contribution in [0.25, 0.3) is 10.6 Å². The molecular weight excluding hydrogens is 208 g/mol. The number of thiazole rings is 1. The molecule has 3 nitrogen and oxygen atoms in total. The normalized spacial score (nSPS) is 9.93. The van der Waals surface area contributed by atoms with E-state index in [0.29, 0.717) is 0 Å². The van der Waals surface area contributed by atoms with Crippen LogP contribution in [-0.4, -0.2) is 10.9 Å². The van der Waals surface area contributed by atoms with E-state index in [9.17, 15) is 4.79 Å². The highest BCUT2D eigenvalue weighted by Gasteiger charge is 2.00. The van der Waals surface area contributed by atoms with Crippen molar-refractivity contribution in [3.05, 3.63) is 35.8 Å². The maximum atomic E-state index is 10.8. The first-order valence-corrected chi connectivity index (χ1v) is 5.33. The quantitative estimate of drug-likeness (QED) is 0.840. The van der Waals surface area contributed by atoms with Crippen molar-refractivity contribution >= 4 is 22.9 Å². The predicted octanol–water partition coefficient (Wildman–Crippen LogP) is 2.57. The van der Waals surface area contributed by atoms with Crippen LogP contribution in [0.15, 0.2) is 29.6 Å². The summed E-state index contributed by atoms with van der Waals surface area (Å²) in [5.74, 6) is -0.0645. The molecule has 0 aliphatic heterocycles. The standard InChI is InChI=1S/C11H9N2OS/c1-8(14)13-10-4-2-9(3-5-10)11-12-6-7-15-11/h2-5,7H,1H3,(H,13,14). The fraction of sp³-hybridized carbons (Fsp3) is 0.0909. The third kappa shape index (κ3) is 2.41. The molecule has 75 valence electrons. The van der Waals surface area contributed by atoms with Crippen molar-refractivity contribution in [2.45, 2.75) is 6.92 Å². The van der Waals surface area contributed by atoms with Gasteiger partial charge in [-0.15, -0.1) is 11.3 Å². The topological polar surface area (TPSA) is 42.0 Å². The number of nitrogens with zero attached hydrogens (tertiary/aromatic N) is 1. The molecule has 1 heterocycles. The van der Waals surface area contributed by atoms with Crippen molar-refractivity contribution in [3.8, 4) is 10.6 Å². The highest BCUT2D eigenvalue weighted by molar-refractivity contribution is 7.13. The van der Waals surface area contributed by atoms with Crippen molar-refractivity contribution in [3.63, 3.8) is 0 Å². The van der Waals surface area contributed by atoms with E-state index in [4.69, 9.17) is 0 Å². The molecule has 0 fully saturated rings. The molecule has 0 bridgehead atoms. The van der Waals surface area contributed by atoms with Gasteiger partial charge in [0.1, 0.15) is 11.2 Å². The molecule has 1 aromatic carbocycles. The van der Waals surface area contributed by atoms with Gasteiger partial charge in [-0.25, -0.2) is 4.98 Å². The Balaban J connectivity index is 2.21. The molecule has 15 heavy (non-hydrogen) atoms. The summed E-state index contributed by atoms with van der Waals surface area (Å²) in [7, 11) is 0. The third-order valence-electron chi connectivity index (χ3n) is 1.84. The molecule has 1 radical (unpaired) electrons. The summed E-state index contributed by atoms with van der Waals surface area (Å²) in [5, 5.41) is 5.46. The number of amides is 1. The van der Waals surface area contributed by atoms with Crippen LogP contribution in [-0.2, 0) is 4.79 Å². The SMILES string of the molecule is CC(=O)Nc1ccc(-c2n[c]cs2)cc1. The number of carbonyl (C=O) groups is 1. The van der Waals surface area contributed by atoms with Gasteiger partial charge in [0.15, 0.2) is 0 Å². The first-order valence-electron chi connectivity index (χ1n) is 4.45.